The number of nitrogens with zero attached hydrogens (tertiary/aromatic N) is 1. The molecule has 0 bridgehead atoms. The van der Waals surface area contributed by atoms with Crippen LogP contribution < -0.4 is 0 Å². The zero-order valence-corrected chi connectivity index (χ0v) is 9.99. The summed E-state index contributed by atoms with van der Waals surface area (Å²) in [7, 11) is 0. The highest BCUT2D eigenvalue weighted by Crippen LogP contribution is 2.33. The van der Waals surface area contributed by atoms with Crippen LogP contribution in [-0.4, -0.2) is 4.98 Å². The van der Waals surface area contributed by atoms with Crippen molar-refractivity contribution in [2.75, 3.05) is 0 Å². The molecular formula is C10H4BrClF3N. The Labute approximate surface area is 102 Å². The number of aromatic nitrogens is 1. The van der Waals surface area contributed by atoms with Gasteiger partial charge in [0, 0.05) is 9.86 Å². The van der Waals surface area contributed by atoms with Gasteiger partial charge in [0.1, 0.15) is 10.8 Å². The number of rotatable bonds is 0. The summed E-state index contributed by atoms with van der Waals surface area (Å²) in [5.41, 5.74) is -0.983. The van der Waals surface area contributed by atoms with Crippen molar-refractivity contribution in [3.05, 3.63) is 39.6 Å². The van der Waals surface area contributed by atoms with Gasteiger partial charge in [-0.05, 0) is 23.6 Å². The minimum absolute atomic E-state index is 0.141. The summed E-state index contributed by atoms with van der Waals surface area (Å²) in [4.78, 5) is 3.33. The molecule has 2 rings (SSSR count). The van der Waals surface area contributed by atoms with E-state index in [2.05, 4.69) is 20.9 Å². The molecule has 0 saturated heterocycles. The first-order valence-corrected chi connectivity index (χ1v) is 5.38. The number of pyridine rings is 1. The first-order chi connectivity index (χ1) is 7.38. The third-order valence-electron chi connectivity index (χ3n) is 2.04. The summed E-state index contributed by atoms with van der Waals surface area (Å²) in [5.74, 6) is 0. The van der Waals surface area contributed by atoms with Crippen LogP contribution in [0, 0.1) is 0 Å². The lowest BCUT2D eigenvalue weighted by Gasteiger charge is -2.08. The average Bonchev–Trinajstić information content (AvgIpc) is 2.15. The molecular weight excluding hydrogens is 306 g/mol. The van der Waals surface area contributed by atoms with E-state index in [9.17, 15) is 13.2 Å². The van der Waals surface area contributed by atoms with Gasteiger partial charge in [-0.15, -0.1) is 0 Å². The van der Waals surface area contributed by atoms with Crippen molar-refractivity contribution in [2.45, 2.75) is 6.18 Å². The van der Waals surface area contributed by atoms with Gasteiger partial charge < -0.3 is 0 Å². The first-order valence-electron chi connectivity index (χ1n) is 4.21. The van der Waals surface area contributed by atoms with Crippen LogP contribution in [0.3, 0.4) is 0 Å². The lowest BCUT2D eigenvalue weighted by atomic mass is 10.1. The number of alkyl halides is 3. The number of hydrogen-bond donors (Lipinski definition) is 0. The van der Waals surface area contributed by atoms with Crippen molar-refractivity contribution < 1.29 is 13.2 Å². The zero-order chi connectivity index (χ0) is 11.9. The molecule has 0 unspecified atom stereocenters. The topological polar surface area (TPSA) is 12.9 Å². The van der Waals surface area contributed by atoms with Crippen LogP contribution in [-0.2, 0) is 6.18 Å². The average molecular weight is 311 g/mol. The molecule has 0 aliphatic heterocycles. The molecule has 0 aliphatic rings. The summed E-state index contributed by atoms with van der Waals surface area (Å²) >= 11 is 8.88. The minimum atomic E-state index is -4.49. The van der Waals surface area contributed by atoms with Crippen LogP contribution in [0.1, 0.15) is 5.69 Å². The van der Waals surface area contributed by atoms with E-state index >= 15 is 0 Å². The Morgan fingerprint density at radius 1 is 1.19 bits per heavy atom. The van der Waals surface area contributed by atoms with Crippen LogP contribution >= 0.6 is 27.5 Å². The zero-order valence-electron chi connectivity index (χ0n) is 7.65. The van der Waals surface area contributed by atoms with Crippen molar-refractivity contribution in [1.82, 2.24) is 4.98 Å². The molecule has 1 aromatic carbocycles. The molecule has 0 amide bonds. The smallest absolute Gasteiger partial charge is 0.231 e. The van der Waals surface area contributed by atoms with Crippen LogP contribution in [0.2, 0.25) is 5.15 Å². The number of hydrogen-bond acceptors (Lipinski definition) is 1. The summed E-state index contributed by atoms with van der Waals surface area (Å²) in [5, 5.41) is 0.761. The summed E-state index contributed by atoms with van der Waals surface area (Å²) in [6.45, 7) is 0. The second-order valence-corrected chi connectivity index (χ2v) is 4.44. The molecule has 0 aliphatic carbocycles. The maximum atomic E-state index is 12.5. The molecule has 1 nitrogen and oxygen atoms in total. The molecule has 0 radical (unpaired) electrons. The Bertz CT molecular complexity index is 553. The highest BCUT2D eigenvalue weighted by molar-refractivity contribution is 9.10. The van der Waals surface area contributed by atoms with E-state index in [-0.39, 0.29) is 5.15 Å². The van der Waals surface area contributed by atoms with Crippen LogP contribution in [0.4, 0.5) is 13.2 Å². The van der Waals surface area contributed by atoms with Gasteiger partial charge in [-0.25, -0.2) is 4.98 Å². The van der Waals surface area contributed by atoms with Crippen LogP contribution in [0.5, 0.6) is 0 Å². The Hall–Kier alpha value is -0.810. The SMILES string of the molecule is FC(F)(F)c1cc2cc(Br)ccc2c(Cl)n1. The van der Waals surface area contributed by atoms with Gasteiger partial charge in [-0.1, -0.05) is 33.6 Å². The highest BCUT2D eigenvalue weighted by Gasteiger charge is 2.33. The maximum Gasteiger partial charge on any atom is 0.433 e. The quantitative estimate of drug-likeness (QED) is 0.644. The largest absolute Gasteiger partial charge is 0.433 e. The third-order valence-corrected chi connectivity index (χ3v) is 2.82. The van der Waals surface area contributed by atoms with Gasteiger partial charge in [0.15, 0.2) is 0 Å². The molecule has 0 fully saturated rings. The lowest BCUT2D eigenvalue weighted by molar-refractivity contribution is -0.141. The van der Waals surface area contributed by atoms with Crippen molar-refractivity contribution in [3.8, 4) is 0 Å². The Kier molecular flexibility index (Phi) is 2.84. The molecule has 0 atom stereocenters. The van der Waals surface area contributed by atoms with Crippen molar-refractivity contribution in [3.63, 3.8) is 0 Å². The van der Waals surface area contributed by atoms with E-state index in [4.69, 9.17) is 11.6 Å². The molecule has 0 N–H and O–H groups in total. The third kappa shape index (κ3) is 2.15. The van der Waals surface area contributed by atoms with Crippen LogP contribution in [0.25, 0.3) is 10.8 Å². The minimum Gasteiger partial charge on any atom is -0.231 e. The second kappa shape index (κ2) is 3.89. The molecule has 1 heterocycles. The van der Waals surface area contributed by atoms with Crippen molar-refractivity contribution in [1.29, 1.82) is 0 Å². The monoisotopic (exact) mass is 309 g/mol. The number of benzene rings is 1. The van der Waals surface area contributed by atoms with Crippen molar-refractivity contribution >= 4 is 38.3 Å². The van der Waals surface area contributed by atoms with Gasteiger partial charge in [-0.2, -0.15) is 13.2 Å². The molecule has 2 aromatic rings. The molecule has 16 heavy (non-hydrogen) atoms. The number of fused-ring (bicyclic) bond motifs is 1. The van der Waals surface area contributed by atoms with Gasteiger partial charge >= 0.3 is 6.18 Å². The van der Waals surface area contributed by atoms with Crippen molar-refractivity contribution in [2.24, 2.45) is 0 Å². The fraction of sp³-hybridized carbons (Fsp3) is 0.100. The highest BCUT2D eigenvalue weighted by atomic mass is 79.9. The van der Waals surface area contributed by atoms with E-state index in [1.165, 1.54) is 0 Å². The van der Waals surface area contributed by atoms with E-state index in [0.717, 1.165) is 6.07 Å². The van der Waals surface area contributed by atoms with Crippen LogP contribution in [0.15, 0.2) is 28.7 Å². The normalized spacial score (nSPS) is 12.1. The summed E-state index contributed by atoms with van der Waals surface area (Å²) in [6, 6.07) is 5.86. The standard InChI is InChI=1S/C10H4BrClF3N/c11-6-1-2-7-5(3-6)4-8(10(13,14)15)16-9(7)12/h1-4H. The number of halogens is 5. The molecule has 0 saturated carbocycles. The predicted molar refractivity (Wildman–Crippen MR) is 59.5 cm³/mol. The lowest BCUT2D eigenvalue weighted by Crippen LogP contribution is -2.07. The van der Waals surface area contributed by atoms with E-state index in [0.29, 0.717) is 15.2 Å². The Morgan fingerprint density at radius 3 is 2.50 bits per heavy atom. The van der Waals surface area contributed by atoms with Gasteiger partial charge in [0.25, 0.3) is 0 Å². The Morgan fingerprint density at radius 2 is 1.88 bits per heavy atom. The van der Waals surface area contributed by atoms with Gasteiger partial charge in [0.2, 0.25) is 0 Å². The molecule has 6 heteroatoms. The molecule has 0 spiro atoms. The molecule has 1 aromatic heterocycles. The summed E-state index contributed by atoms with van der Waals surface area (Å²) in [6.07, 6.45) is -4.49. The maximum absolute atomic E-state index is 12.5. The van der Waals surface area contributed by atoms with E-state index in [1.54, 1.807) is 18.2 Å². The predicted octanol–water partition coefficient (Wildman–Crippen LogP) is 4.67. The fourth-order valence-electron chi connectivity index (χ4n) is 1.33. The van der Waals surface area contributed by atoms with E-state index in [1.807, 2.05) is 0 Å². The molecule has 84 valence electrons. The first kappa shape index (κ1) is 11.7. The van der Waals surface area contributed by atoms with Gasteiger partial charge in [-0.3, -0.25) is 0 Å². The Balaban J connectivity index is 2.75. The second-order valence-electron chi connectivity index (χ2n) is 3.16. The van der Waals surface area contributed by atoms with Gasteiger partial charge in [0.05, 0.1) is 0 Å². The summed E-state index contributed by atoms with van der Waals surface area (Å²) < 4.78 is 38.1. The van der Waals surface area contributed by atoms with E-state index < -0.39 is 11.9 Å². The fourth-order valence-corrected chi connectivity index (χ4v) is 1.97.